The van der Waals surface area contributed by atoms with Gasteiger partial charge in [-0.1, -0.05) is 41.1 Å². The summed E-state index contributed by atoms with van der Waals surface area (Å²) in [6, 6.07) is 6.66. The monoisotopic (exact) mass is 350 g/mol. The molecule has 0 spiro atoms. The lowest BCUT2D eigenvalue weighted by Crippen LogP contribution is -2.26. The molecule has 1 N–H and O–H groups in total. The van der Waals surface area contributed by atoms with E-state index in [0.29, 0.717) is 0 Å². The van der Waals surface area contributed by atoms with Crippen LogP contribution in [0, 0.1) is 6.92 Å². The smallest absolute Gasteiger partial charge is 0.138 e. The second kappa shape index (κ2) is 7.71. The van der Waals surface area contributed by atoms with E-state index in [4.69, 9.17) is 0 Å². The summed E-state index contributed by atoms with van der Waals surface area (Å²) in [7, 11) is 0. The van der Waals surface area contributed by atoms with Crippen LogP contribution in [0.1, 0.15) is 43.3 Å². The van der Waals surface area contributed by atoms with Gasteiger partial charge in [-0.3, -0.25) is 4.68 Å². The molecule has 0 aliphatic carbocycles. The van der Waals surface area contributed by atoms with Gasteiger partial charge in [0.1, 0.15) is 12.2 Å². The third-order valence-electron chi connectivity index (χ3n) is 3.62. The van der Waals surface area contributed by atoms with Crippen LogP contribution in [0.5, 0.6) is 0 Å². The lowest BCUT2D eigenvalue weighted by molar-refractivity contribution is 0.495. The highest BCUT2D eigenvalue weighted by Gasteiger charge is 2.18. The summed E-state index contributed by atoms with van der Waals surface area (Å²) in [6.45, 7) is 8.24. The zero-order valence-corrected chi connectivity index (χ0v) is 14.5. The summed E-state index contributed by atoms with van der Waals surface area (Å²) < 4.78 is 3.14. The van der Waals surface area contributed by atoms with Crippen LogP contribution in [-0.4, -0.2) is 21.3 Å². The zero-order valence-electron chi connectivity index (χ0n) is 12.9. The minimum absolute atomic E-state index is 0.244. The number of aromatic nitrogens is 3. The van der Waals surface area contributed by atoms with Crippen molar-refractivity contribution < 1.29 is 0 Å². The first-order valence-corrected chi connectivity index (χ1v) is 8.31. The Bertz CT molecular complexity index is 579. The standard InChI is InChI=1S/C16H23BrN4/c1-4-9-18-14(10-15-19-11-20-21(15)5-2)13-8-6-7-12(3)16(13)17/h6-8,11,14,18H,4-5,9-10H2,1-3H3. The fourth-order valence-electron chi connectivity index (χ4n) is 2.44. The van der Waals surface area contributed by atoms with E-state index in [1.807, 2.05) is 4.68 Å². The number of hydrogen-bond acceptors (Lipinski definition) is 3. The largest absolute Gasteiger partial charge is 0.310 e. The predicted octanol–water partition coefficient (Wildman–Crippen LogP) is 3.65. The van der Waals surface area contributed by atoms with Gasteiger partial charge >= 0.3 is 0 Å². The Labute approximate surface area is 135 Å². The first-order chi connectivity index (χ1) is 10.2. The van der Waals surface area contributed by atoms with Crippen molar-refractivity contribution in [3.8, 4) is 0 Å². The predicted molar refractivity (Wildman–Crippen MR) is 89.3 cm³/mol. The minimum Gasteiger partial charge on any atom is -0.310 e. The molecule has 1 aromatic heterocycles. The average Bonchev–Trinajstić information content (AvgIpc) is 2.93. The minimum atomic E-state index is 0.244. The number of halogens is 1. The first-order valence-electron chi connectivity index (χ1n) is 7.52. The average molecular weight is 351 g/mol. The molecule has 114 valence electrons. The number of rotatable bonds is 7. The summed E-state index contributed by atoms with van der Waals surface area (Å²) in [6.07, 6.45) is 3.59. The molecule has 4 nitrogen and oxygen atoms in total. The van der Waals surface area contributed by atoms with Gasteiger partial charge in [-0.25, -0.2) is 4.98 Å². The maximum absolute atomic E-state index is 4.41. The van der Waals surface area contributed by atoms with Gasteiger partial charge in [-0.15, -0.1) is 0 Å². The molecule has 0 radical (unpaired) electrons. The summed E-state index contributed by atoms with van der Waals surface area (Å²) >= 11 is 3.73. The zero-order chi connectivity index (χ0) is 15.2. The van der Waals surface area contributed by atoms with Crippen LogP contribution in [-0.2, 0) is 13.0 Å². The second-order valence-electron chi connectivity index (χ2n) is 5.18. The molecule has 5 heteroatoms. The highest BCUT2D eigenvalue weighted by molar-refractivity contribution is 9.10. The Kier molecular flexibility index (Phi) is 5.94. The molecule has 0 amide bonds. The summed E-state index contributed by atoms with van der Waals surface area (Å²) in [5.74, 6) is 1.03. The first kappa shape index (κ1) is 16.2. The second-order valence-corrected chi connectivity index (χ2v) is 5.97. The van der Waals surface area contributed by atoms with E-state index in [1.54, 1.807) is 6.33 Å². The van der Waals surface area contributed by atoms with E-state index in [0.717, 1.165) is 31.8 Å². The SMILES string of the molecule is CCCNC(Cc1ncnn1CC)c1cccc(C)c1Br. The molecule has 1 atom stereocenters. The molecule has 2 rings (SSSR count). The van der Waals surface area contributed by atoms with E-state index in [-0.39, 0.29) is 6.04 Å². The van der Waals surface area contributed by atoms with Gasteiger partial charge in [-0.2, -0.15) is 5.10 Å². The maximum atomic E-state index is 4.41. The number of aryl methyl sites for hydroxylation is 2. The number of nitrogens with zero attached hydrogens (tertiary/aromatic N) is 3. The Morgan fingerprint density at radius 2 is 2.14 bits per heavy atom. The topological polar surface area (TPSA) is 42.7 Å². The van der Waals surface area contributed by atoms with Crippen molar-refractivity contribution in [1.82, 2.24) is 20.1 Å². The highest BCUT2D eigenvalue weighted by atomic mass is 79.9. The normalized spacial score (nSPS) is 12.6. The van der Waals surface area contributed by atoms with Crippen LogP contribution in [0.15, 0.2) is 29.0 Å². The molecule has 21 heavy (non-hydrogen) atoms. The lowest BCUT2D eigenvalue weighted by atomic mass is 10.0. The van der Waals surface area contributed by atoms with E-state index >= 15 is 0 Å². The van der Waals surface area contributed by atoms with Gasteiger partial charge in [0.25, 0.3) is 0 Å². The fraction of sp³-hybridized carbons (Fsp3) is 0.500. The van der Waals surface area contributed by atoms with Crippen LogP contribution < -0.4 is 5.32 Å². The van der Waals surface area contributed by atoms with Gasteiger partial charge in [-0.05, 0) is 37.9 Å². The van der Waals surface area contributed by atoms with Crippen LogP contribution in [0.4, 0.5) is 0 Å². The quantitative estimate of drug-likeness (QED) is 0.828. The number of hydrogen-bond donors (Lipinski definition) is 1. The highest BCUT2D eigenvalue weighted by Crippen LogP contribution is 2.28. The molecule has 0 aliphatic heterocycles. The molecule has 0 saturated heterocycles. The molecule has 0 fully saturated rings. The van der Waals surface area contributed by atoms with Crippen molar-refractivity contribution in [2.45, 2.75) is 46.2 Å². The van der Waals surface area contributed by atoms with Gasteiger partial charge in [0.05, 0.1) is 0 Å². The molecule has 1 aromatic carbocycles. The third-order valence-corrected chi connectivity index (χ3v) is 4.70. The van der Waals surface area contributed by atoms with E-state index in [2.05, 4.69) is 70.3 Å². The molecule has 1 unspecified atom stereocenters. The van der Waals surface area contributed by atoms with Crippen molar-refractivity contribution in [1.29, 1.82) is 0 Å². The van der Waals surface area contributed by atoms with Crippen LogP contribution >= 0.6 is 15.9 Å². The van der Waals surface area contributed by atoms with E-state index in [9.17, 15) is 0 Å². The fourth-order valence-corrected chi connectivity index (χ4v) is 2.98. The molecule has 2 aromatic rings. The number of benzene rings is 1. The molecule has 0 aliphatic rings. The van der Waals surface area contributed by atoms with Gasteiger partial charge in [0, 0.05) is 23.5 Å². The van der Waals surface area contributed by atoms with Gasteiger partial charge in [0.15, 0.2) is 0 Å². The molecular formula is C16H23BrN4. The maximum Gasteiger partial charge on any atom is 0.138 e. The molecule has 0 saturated carbocycles. The summed E-state index contributed by atoms with van der Waals surface area (Å²) in [4.78, 5) is 4.41. The Hall–Kier alpha value is -1.20. The molecular weight excluding hydrogens is 328 g/mol. The van der Waals surface area contributed by atoms with Crippen LogP contribution in [0.3, 0.4) is 0 Å². The Morgan fingerprint density at radius 1 is 1.33 bits per heavy atom. The van der Waals surface area contributed by atoms with Crippen LogP contribution in [0.2, 0.25) is 0 Å². The molecule has 1 heterocycles. The van der Waals surface area contributed by atoms with Crippen molar-refractivity contribution in [3.05, 3.63) is 46.0 Å². The summed E-state index contributed by atoms with van der Waals surface area (Å²) in [5.41, 5.74) is 2.54. The Balaban J connectivity index is 2.28. The summed E-state index contributed by atoms with van der Waals surface area (Å²) in [5, 5.41) is 7.90. The third kappa shape index (κ3) is 3.92. The van der Waals surface area contributed by atoms with Gasteiger partial charge < -0.3 is 5.32 Å². The number of nitrogens with one attached hydrogen (secondary N) is 1. The Morgan fingerprint density at radius 3 is 2.86 bits per heavy atom. The van der Waals surface area contributed by atoms with Crippen LogP contribution in [0.25, 0.3) is 0 Å². The van der Waals surface area contributed by atoms with Crippen molar-refractivity contribution in [3.63, 3.8) is 0 Å². The van der Waals surface area contributed by atoms with Crippen molar-refractivity contribution in [2.24, 2.45) is 0 Å². The molecule has 0 bridgehead atoms. The van der Waals surface area contributed by atoms with E-state index < -0.39 is 0 Å². The van der Waals surface area contributed by atoms with Crippen molar-refractivity contribution in [2.75, 3.05) is 6.54 Å². The van der Waals surface area contributed by atoms with Gasteiger partial charge in [0.2, 0.25) is 0 Å². The van der Waals surface area contributed by atoms with Crippen molar-refractivity contribution >= 4 is 15.9 Å². The van der Waals surface area contributed by atoms with E-state index in [1.165, 1.54) is 15.6 Å². The lowest BCUT2D eigenvalue weighted by Gasteiger charge is -2.21.